The van der Waals surface area contributed by atoms with E-state index in [1.165, 1.54) is 6.92 Å². The number of halogens is 3. The molecule has 0 amide bonds. The molecule has 0 N–H and O–H groups in total. The quantitative estimate of drug-likeness (QED) is 0.550. The molecule has 0 unspecified atom stereocenters. The van der Waals surface area contributed by atoms with Gasteiger partial charge in [-0.1, -0.05) is 11.6 Å². The maximum atomic E-state index is 12.5. The smallest absolute Gasteiger partial charge is 0.130 e. The summed E-state index contributed by atoms with van der Waals surface area (Å²) in [5.74, 6) is -1.25. The number of benzene rings is 1. The molecule has 0 nitrogen and oxygen atoms in total. The molecule has 0 saturated carbocycles. The predicted molar refractivity (Wildman–Crippen MR) is 36.1 cm³/mol. The van der Waals surface area contributed by atoms with Gasteiger partial charge in [0.25, 0.3) is 0 Å². The SMILES string of the molecule is Cc1c(F)cc(F)cc1Cl. The number of hydrogen-bond acceptors (Lipinski definition) is 0. The van der Waals surface area contributed by atoms with Crippen molar-refractivity contribution in [2.24, 2.45) is 0 Å². The van der Waals surface area contributed by atoms with Gasteiger partial charge in [0, 0.05) is 16.7 Å². The van der Waals surface area contributed by atoms with Crippen molar-refractivity contribution in [1.29, 1.82) is 0 Å². The van der Waals surface area contributed by atoms with E-state index in [2.05, 4.69) is 0 Å². The van der Waals surface area contributed by atoms with E-state index >= 15 is 0 Å². The summed E-state index contributed by atoms with van der Waals surface area (Å²) in [5, 5.41) is 0.123. The van der Waals surface area contributed by atoms with Crippen molar-refractivity contribution in [1.82, 2.24) is 0 Å². The molecule has 0 spiro atoms. The maximum absolute atomic E-state index is 12.5. The fourth-order valence-corrected chi connectivity index (χ4v) is 0.809. The van der Waals surface area contributed by atoms with Crippen LogP contribution in [-0.2, 0) is 0 Å². The second-order valence-electron chi connectivity index (χ2n) is 1.99. The first-order valence-corrected chi connectivity index (χ1v) is 3.10. The van der Waals surface area contributed by atoms with Gasteiger partial charge in [0.15, 0.2) is 0 Å². The minimum Gasteiger partial charge on any atom is -0.207 e. The summed E-state index contributed by atoms with van der Waals surface area (Å²) in [6, 6.07) is 1.89. The molecular weight excluding hydrogens is 158 g/mol. The van der Waals surface area contributed by atoms with Crippen molar-refractivity contribution >= 4 is 11.6 Å². The van der Waals surface area contributed by atoms with E-state index in [-0.39, 0.29) is 10.6 Å². The molecule has 0 radical (unpaired) electrons. The Morgan fingerprint density at radius 2 is 1.90 bits per heavy atom. The summed E-state index contributed by atoms with van der Waals surface area (Å²) in [5.41, 5.74) is 0.281. The summed E-state index contributed by atoms with van der Waals surface area (Å²) in [6.45, 7) is 1.50. The van der Waals surface area contributed by atoms with E-state index < -0.39 is 11.6 Å². The van der Waals surface area contributed by atoms with Crippen LogP contribution in [0.15, 0.2) is 12.1 Å². The Balaban J connectivity index is 3.31. The fourth-order valence-electron chi connectivity index (χ4n) is 0.614. The minimum absolute atomic E-state index is 0.123. The summed E-state index contributed by atoms with van der Waals surface area (Å²) in [7, 11) is 0. The summed E-state index contributed by atoms with van der Waals surface area (Å²) in [4.78, 5) is 0. The second-order valence-corrected chi connectivity index (χ2v) is 2.40. The molecule has 0 atom stereocenters. The predicted octanol–water partition coefficient (Wildman–Crippen LogP) is 2.93. The normalized spacial score (nSPS) is 10.0. The molecule has 0 fully saturated rings. The van der Waals surface area contributed by atoms with Gasteiger partial charge in [-0.3, -0.25) is 0 Å². The Morgan fingerprint density at radius 1 is 1.30 bits per heavy atom. The highest BCUT2D eigenvalue weighted by Crippen LogP contribution is 2.19. The molecular formula is C7H5ClF2. The lowest BCUT2D eigenvalue weighted by Gasteiger charge is -1.97. The molecule has 10 heavy (non-hydrogen) atoms. The van der Waals surface area contributed by atoms with Gasteiger partial charge in [-0.25, -0.2) is 8.78 Å². The standard InChI is InChI=1S/C7H5ClF2/c1-4-6(8)2-5(9)3-7(4)10/h2-3H,1H3. The van der Waals surface area contributed by atoms with Crippen LogP contribution in [-0.4, -0.2) is 0 Å². The Morgan fingerprint density at radius 3 is 2.40 bits per heavy atom. The molecule has 1 aromatic rings. The van der Waals surface area contributed by atoms with Crippen LogP contribution in [0.2, 0.25) is 5.02 Å². The van der Waals surface area contributed by atoms with Crippen molar-refractivity contribution in [3.63, 3.8) is 0 Å². The minimum atomic E-state index is -0.645. The van der Waals surface area contributed by atoms with Gasteiger partial charge in [0.2, 0.25) is 0 Å². The third-order valence-corrected chi connectivity index (χ3v) is 1.64. The Bertz CT molecular complexity index is 235. The van der Waals surface area contributed by atoms with Crippen molar-refractivity contribution in [3.05, 3.63) is 34.4 Å². The molecule has 0 heterocycles. The molecule has 1 rings (SSSR count). The average molecular weight is 163 g/mol. The van der Waals surface area contributed by atoms with Crippen LogP contribution in [0, 0.1) is 18.6 Å². The van der Waals surface area contributed by atoms with E-state index in [1.54, 1.807) is 0 Å². The van der Waals surface area contributed by atoms with Crippen molar-refractivity contribution in [3.8, 4) is 0 Å². The lowest BCUT2D eigenvalue weighted by molar-refractivity contribution is 0.577. The van der Waals surface area contributed by atoms with Crippen LogP contribution in [0.4, 0.5) is 8.78 Å². The summed E-state index contributed by atoms with van der Waals surface area (Å²) in [6.07, 6.45) is 0. The van der Waals surface area contributed by atoms with Crippen LogP contribution < -0.4 is 0 Å². The first-order chi connectivity index (χ1) is 4.61. The summed E-state index contributed by atoms with van der Waals surface area (Å²) >= 11 is 5.44. The molecule has 3 heteroatoms. The van der Waals surface area contributed by atoms with E-state index in [4.69, 9.17) is 11.6 Å². The molecule has 0 aliphatic heterocycles. The third kappa shape index (κ3) is 1.27. The van der Waals surface area contributed by atoms with E-state index in [0.717, 1.165) is 12.1 Å². The highest BCUT2D eigenvalue weighted by atomic mass is 35.5. The van der Waals surface area contributed by atoms with Crippen LogP contribution in [0.25, 0.3) is 0 Å². The van der Waals surface area contributed by atoms with Gasteiger partial charge in [-0.15, -0.1) is 0 Å². The van der Waals surface area contributed by atoms with Crippen LogP contribution in [0.3, 0.4) is 0 Å². The first-order valence-electron chi connectivity index (χ1n) is 2.72. The van der Waals surface area contributed by atoms with Gasteiger partial charge in [0.05, 0.1) is 0 Å². The fraction of sp³-hybridized carbons (Fsp3) is 0.143. The van der Waals surface area contributed by atoms with Gasteiger partial charge >= 0.3 is 0 Å². The maximum Gasteiger partial charge on any atom is 0.130 e. The highest BCUT2D eigenvalue weighted by molar-refractivity contribution is 6.31. The number of rotatable bonds is 0. The Kier molecular flexibility index (Phi) is 1.90. The molecule has 0 aromatic heterocycles. The zero-order valence-electron chi connectivity index (χ0n) is 5.29. The zero-order valence-corrected chi connectivity index (χ0v) is 6.04. The van der Waals surface area contributed by atoms with Crippen molar-refractivity contribution in [2.45, 2.75) is 6.92 Å². The molecule has 0 saturated heterocycles. The Hall–Kier alpha value is -0.630. The average Bonchev–Trinajstić information content (AvgIpc) is 1.82. The topological polar surface area (TPSA) is 0 Å². The molecule has 1 aromatic carbocycles. The van der Waals surface area contributed by atoms with Crippen LogP contribution in [0.5, 0.6) is 0 Å². The Labute approximate surface area is 62.4 Å². The highest BCUT2D eigenvalue weighted by Gasteiger charge is 2.03. The van der Waals surface area contributed by atoms with Crippen molar-refractivity contribution in [2.75, 3.05) is 0 Å². The van der Waals surface area contributed by atoms with Crippen LogP contribution >= 0.6 is 11.6 Å². The van der Waals surface area contributed by atoms with Crippen molar-refractivity contribution < 1.29 is 8.78 Å². The molecule has 0 aliphatic carbocycles. The first kappa shape index (κ1) is 7.48. The molecule has 0 aliphatic rings. The lowest BCUT2D eigenvalue weighted by Crippen LogP contribution is -1.85. The van der Waals surface area contributed by atoms with Gasteiger partial charge in [0.1, 0.15) is 11.6 Å². The van der Waals surface area contributed by atoms with Crippen LogP contribution in [0.1, 0.15) is 5.56 Å². The van der Waals surface area contributed by atoms with Gasteiger partial charge in [-0.05, 0) is 13.0 Å². The third-order valence-electron chi connectivity index (χ3n) is 1.25. The van der Waals surface area contributed by atoms with Gasteiger partial charge in [-0.2, -0.15) is 0 Å². The molecule has 54 valence electrons. The monoisotopic (exact) mass is 162 g/mol. The van der Waals surface area contributed by atoms with Gasteiger partial charge < -0.3 is 0 Å². The lowest BCUT2D eigenvalue weighted by atomic mass is 10.2. The molecule has 0 bridgehead atoms. The van der Waals surface area contributed by atoms with E-state index in [9.17, 15) is 8.78 Å². The van der Waals surface area contributed by atoms with E-state index in [0.29, 0.717) is 0 Å². The second kappa shape index (κ2) is 2.54. The zero-order chi connectivity index (χ0) is 7.72. The largest absolute Gasteiger partial charge is 0.207 e. The number of hydrogen-bond donors (Lipinski definition) is 0. The van der Waals surface area contributed by atoms with E-state index in [1.807, 2.05) is 0 Å². The summed E-state index contributed by atoms with van der Waals surface area (Å²) < 4.78 is 24.8.